The number of ether oxygens (including phenoxy) is 1. The van der Waals surface area contributed by atoms with E-state index in [0.29, 0.717) is 35.5 Å². The third-order valence-corrected chi connectivity index (χ3v) is 5.50. The molecule has 0 saturated heterocycles. The first-order valence-electron chi connectivity index (χ1n) is 11.8. The molecule has 0 fully saturated rings. The van der Waals surface area contributed by atoms with Crippen molar-refractivity contribution in [3.63, 3.8) is 0 Å². The number of nitrogens with one attached hydrogen (secondary N) is 1. The van der Waals surface area contributed by atoms with Crippen LogP contribution in [0.1, 0.15) is 25.0 Å². The maximum absolute atomic E-state index is 5.79. The minimum atomic E-state index is 0.436. The summed E-state index contributed by atoms with van der Waals surface area (Å²) in [6.07, 6.45) is 11.3. The summed E-state index contributed by atoms with van der Waals surface area (Å²) in [7, 11) is 3.43. The van der Waals surface area contributed by atoms with Crippen LogP contribution < -0.4 is 10.1 Å². The fourth-order valence-electron chi connectivity index (χ4n) is 3.69. The van der Waals surface area contributed by atoms with Crippen LogP contribution in [0, 0.1) is 5.92 Å². The van der Waals surface area contributed by atoms with E-state index in [9.17, 15) is 0 Å². The lowest BCUT2D eigenvalue weighted by Gasteiger charge is -2.16. The highest BCUT2D eigenvalue weighted by Crippen LogP contribution is 2.36. The van der Waals surface area contributed by atoms with E-state index < -0.39 is 0 Å². The number of aromatic nitrogens is 4. The molecule has 3 heterocycles. The van der Waals surface area contributed by atoms with Crippen molar-refractivity contribution in [2.24, 2.45) is 10.9 Å². The molecule has 0 bridgehead atoms. The van der Waals surface area contributed by atoms with Crippen molar-refractivity contribution in [1.82, 2.24) is 19.9 Å². The Hall–Kier alpha value is -4.39. The van der Waals surface area contributed by atoms with Crippen LogP contribution in [-0.4, -0.2) is 39.8 Å². The molecule has 0 unspecified atom stereocenters. The maximum Gasteiger partial charge on any atom is 0.187 e. The molecule has 36 heavy (non-hydrogen) atoms. The van der Waals surface area contributed by atoms with Crippen molar-refractivity contribution in [2.75, 3.05) is 19.5 Å². The molecule has 0 atom stereocenters. The van der Waals surface area contributed by atoms with Gasteiger partial charge >= 0.3 is 0 Å². The molecule has 0 spiro atoms. The van der Waals surface area contributed by atoms with Gasteiger partial charge in [0.1, 0.15) is 5.69 Å². The number of rotatable bonds is 9. The number of aliphatic imine (C=N–C) groups is 1. The average Bonchev–Trinajstić information content (AvgIpc) is 2.92. The summed E-state index contributed by atoms with van der Waals surface area (Å²) in [5.74, 6) is 2.20. The molecule has 7 nitrogen and oxygen atoms in total. The molecule has 0 saturated carbocycles. The van der Waals surface area contributed by atoms with Gasteiger partial charge in [-0.05, 0) is 41.8 Å². The first-order chi connectivity index (χ1) is 17.6. The Kier molecular flexibility index (Phi) is 8.13. The Labute approximate surface area is 212 Å². The Balaban J connectivity index is 1.80. The summed E-state index contributed by atoms with van der Waals surface area (Å²) in [5, 5.41) is 3.42. The molecule has 0 aliphatic heterocycles. The third-order valence-electron chi connectivity index (χ3n) is 5.50. The van der Waals surface area contributed by atoms with E-state index in [2.05, 4.69) is 52.3 Å². The van der Waals surface area contributed by atoms with Gasteiger partial charge in [0, 0.05) is 55.1 Å². The van der Waals surface area contributed by atoms with Crippen LogP contribution in [-0.2, 0) is 6.54 Å². The quantitative estimate of drug-likeness (QED) is 0.304. The van der Waals surface area contributed by atoms with Crippen LogP contribution in [0.15, 0.2) is 90.5 Å². The second-order valence-corrected chi connectivity index (χ2v) is 8.52. The summed E-state index contributed by atoms with van der Waals surface area (Å²) in [6, 6.07) is 15.9. The number of benzene rings is 1. The zero-order valence-electron chi connectivity index (χ0n) is 21.0. The van der Waals surface area contributed by atoms with Gasteiger partial charge in [0.2, 0.25) is 0 Å². The molecule has 4 aromatic rings. The highest BCUT2D eigenvalue weighted by molar-refractivity contribution is 6.09. The molecule has 3 aromatic heterocycles. The topological polar surface area (TPSA) is 85.2 Å². The van der Waals surface area contributed by atoms with Crippen LogP contribution in [0.4, 0.5) is 5.82 Å². The number of allylic oxidation sites excluding steroid dienone is 2. The van der Waals surface area contributed by atoms with Crippen molar-refractivity contribution in [3.05, 3.63) is 96.6 Å². The number of nitrogens with zero attached hydrogens (tertiary/aromatic N) is 5. The summed E-state index contributed by atoms with van der Waals surface area (Å²) >= 11 is 0. The highest BCUT2D eigenvalue weighted by Gasteiger charge is 2.18. The molecule has 0 amide bonds. The van der Waals surface area contributed by atoms with Crippen LogP contribution in [0.25, 0.3) is 22.6 Å². The van der Waals surface area contributed by atoms with Crippen molar-refractivity contribution in [2.45, 2.75) is 20.4 Å². The van der Waals surface area contributed by atoms with Gasteiger partial charge in [-0.1, -0.05) is 44.2 Å². The monoisotopic (exact) mass is 478 g/mol. The predicted octanol–water partition coefficient (Wildman–Crippen LogP) is 5.85. The van der Waals surface area contributed by atoms with Gasteiger partial charge in [-0.25, -0.2) is 9.97 Å². The fraction of sp³-hybridized carbons (Fsp3) is 0.207. The molecule has 0 aliphatic carbocycles. The predicted molar refractivity (Wildman–Crippen MR) is 145 cm³/mol. The number of pyridine rings is 2. The van der Waals surface area contributed by atoms with Crippen LogP contribution in [0.2, 0.25) is 0 Å². The van der Waals surface area contributed by atoms with E-state index in [-0.39, 0.29) is 0 Å². The molecule has 4 rings (SSSR count). The van der Waals surface area contributed by atoms with Gasteiger partial charge in [-0.15, -0.1) is 0 Å². The van der Waals surface area contributed by atoms with Crippen molar-refractivity contribution < 1.29 is 4.74 Å². The van der Waals surface area contributed by atoms with Gasteiger partial charge in [-0.3, -0.25) is 15.0 Å². The molecule has 7 heteroatoms. The van der Waals surface area contributed by atoms with Gasteiger partial charge in [0.25, 0.3) is 0 Å². The molecule has 0 radical (unpaired) electrons. The minimum absolute atomic E-state index is 0.436. The normalized spacial score (nSPS) is 11.8. The minimum Gasteiger partial charge on any atom is -0.491 e. The molecule has 1 aromatic carbocycles. The standard InChI is InChI=1S/C29H30N6O/c1-20(2)10-11-25(30-3)23-8-5-9-24(17-23)28-34-26(22-12-15-31-16-13-22)27(36-4)29(35-28)33-19-21-7-6-14-32-18-21/h5-18,20H,19H2,1-4H3,(H,33,34,35)/b11-10-,30-25?. The lowest BCUT2D eigenvalue weighted by Crippen LogP contribution is -2.07. The number of hydrogen-bond donors (Lipinski definition) is 1. The molecule has 1 N–H and O–H groups in total. The van der Waals surface area contributed by atoms with E-state index in [1.165, 1.54) is 0 Å². The average molecular weight is 479 g/mol. The fourth-order valence-corrected chi connectivity index (χ4v) is 3.69. The molecular weight excluding hydrogens is 448 g/mol. The second kappa shape index (κ2) is 11.8. The van der Waals surface area contributed by atoms with E-state index in [1.54, 1.807) is 32.7 Å². The van der Waals surface area contributed by atoms with Gasteiger partial charge in [0.15, 0.2) is 17.4 Å². The first-order valence-corrected chi connectivity index (χ1v) is 11.8. The van der Waals surface area contributed by atoms with Gasteiger partial charge in [0.05, 0.1) is 12.8 Å². The maximum atomic E-state index is 5.79. The SMILES string of the molecule is CN=C(/C=C\C(C)C)c1cccc(-c2nc(NCc3cccnc3)c(OC)c(-c3ccncc3)n2)c1. The molecular formula is C29H30N6O. The van der Waals surface area contributed by atoms with Crippen molar-refractivity contribution >= 4 is 11.5 Å². The van der Waals surface area contributed by atoms with Crippen LogP contribution >= 0.6 is 0 Å². The third kappa shape index (κ3) is 5.99. The smallest absolute Gasteiger partial charge is 0.187 e. The van der Waals surface area contributed by atoms with Crippen molar-refractivity contribution in [1.29, 1.82) is 0 Å². The Bertz CT molecular complexity index is 1350. The van der Waals surface area contributed by atoms with Gasteiger partial charge < -0.3 is 10.1 Å². The highest BCUT2D eigenvalue weighted by atomic mass is 16.5. The summed E-state index contributed by atoms with van der Waals surface area (Å²) in [4.78, 5) is 22.6. The zero-order valence-corrected chi connectivity index (χ0v) is 21.0. The Morgan fingerprint density at radius 1 is 1.00 bits per heavy atom. The van der Waals surface area contributed by atoms with E-state index in [0.717, 1.165) is 28.0 Å². The van der Waals surface area contributed by atoms with Crippen LogP contribution in [0.5, 0.6) is 5.75 Å². The number of anilines is 1. The summed E-state index contributed by atoms with van der Waals surface area (Å²) < 4.78 is 5.79. The van der Waals surface area contributed by atoms with Gasteiger partial charge in [-0.2, -0.15) is 0 Å². The first kappa shape index (κ1) is 24.7. The lowest BCUT2D eigenvalue weighted by atomic mass is 10.0. The summed E-state index contributed by atoms with van der Waals surface area (Å²) in [6.45, 7) is 4.83. The largest absolute Gasteiger partial charge is 0.491 e. The molecule has 0 aliphatic rings. The Morgan fingerprint density at radius 3 is 2.53 bits per heavy atom. The zero-order chi connectivity index (χ0) is 25.3. The van der Waals surface area contributed by atoms with Crippen LogP contribution in [0.3, 0.4) is 0 Å². The van der Waals surface area contributed by atoms with Crippen molar-refractivity contribution in [3.8, 4) is 28.4 Å². The van der Waals surface area contributed by atoms with E-state index in [4.69, 9.17) is 14.7 Å². The number of hydrogen-bond acceptors (Lipinski definition) is 7. The van der Waals surface area contributed by atoms with E-state index >= 15 is 0 Å². The molecule has 182 valence electrons. The summed E-state index contributed by atoms with van der Waals surface area (Å²) in [5.41, 5.74) is 5.40. The number of methoxy groups -OCH3 is 1. The lowest BCUT2D eigenvalue weighted by molar-refractivity contribution is 0.414. The second-order valence-electron chi connectivity index (χ2n) is 8.52. The van der Waals surface area contributed by atoms with E-state index in [1.807, 2.05) is 48.7 Å². The Morgan fingerprint density at radius 2 is 1.83 bits per heavy atom.